The van der Waals surface area contributed by atoms with Crippen LogP contribution in [0.1, 0.15) is 17.3 Å². The Balaban J connectivity index is 3.20. The van der Waals surface area contributed by atoms with Gasteiger partial charge in [0.05, 0.1) is 5.56 Å². The van der Waals surface area contributed by atoms with Crippen LogP contribution in [0.4, 0.5) is 8.78 Å². The molecule has 0 aromatic heterocycles. The van der Waals surface area contributed by atoms with Crippen molar-refractivity contribution in [3.63, 3.8) is 0 Å². The summed E-state index contributed by atoms with van der Waals surface area (Å²) in [6.45, 7) is 1.61. The number of hydrogen-bond donors (Lipinski definition) is 0. The zero-order valence-electron chi connectivity index (χ0n) is 7.05. The molecular formula is C10H8F2O. The first-order valence-corrected chi connectivity index (χ1v) is 3.78. The van der Waals surface area contributed by atoms with Gasteiger partial charge in [-0.1, -0.05) is 12.1 Å². The molecule has 3 heteroatoms. The molecule has 0 bridgehead atoms. The lowest BCUT2D eigenvalue weighted by Crippen LogP contribution is -2.02. The van der Waals surface area contributed by atoms with Crippen molar-refractivity contribution in [2.24, 2.45) is 0 Å². The van der Waals surface area contributed by atoms with Crippen LogP contribution in [-0.4, -0.2) is 5.78 Å². The van der Waals surface area contributed by atoms with E-state index in [1.165, 1.54) is 12.1 Å². The van der Waals surface area contributed by atoms with Crippen molar-refractivity contribution in [3.05, 3.63) is 47.5 Å². The van der Waals surface area contributed by atoms with E-state index in [0.717, 1.165) is 18.2 Å². The molecule has 0 amide bonds. The highest BCUT2D eigenvalue weighted by molar-refractivity contribution is 6.04. The van der Waals surface area contributed by atoms with Gasteiger partial charge in [0.15, 0.2) is 5.78 Å². The molecule has 68 valence electrons. The first-order chi connectivity index (χ1) is 6.16. The quantitative estimate of drug-likeness (QED) is 0.507. The molecule has 0 aliphatic carbocycles. The fourth-order valence-electron chi connectivity index (χ4n) is 0.968. The number of carbonyl (C=O) groups excluding carboxylic acids is 1. The highest BCUT2D eigenvalue weighted by Gasteiger charge is 2.13. The number of hydrogen-bond acceptors (Lipinski definition) is 1. The third kappa shape index (κ3) is 1.99. The van der Waals surface area contributed by atoms with Crippen LogP contribution in [0.2, 0.25) is 0 Å². The lowest BCUT2D eigenvalue weighted by atomic mass is 10.1. The van der Waals surface area contributed by atoms with Gasteiger partial charge in [-0.3, -0.25) is 4.79 Å². The Morgan fingerprint density at radius 2 is 1.85 bits per heavy atom. The summed E-state index contributed by atoms with van der Waals surface area (Å²) in [5.74, 6) is -2.32. The minimum absolute atomic E-state index is 0.499. The molecule has 13 heavy (non-hydrogen) atoms. The third-order valence-corrected chi connectivity index (χ3v) is 1.53. The Hall–Kier alpha value is -1.51. The fraction of sp³-hybridized carbons (Fsp3) is 0.100. The maximum absolute atomic E-state index is 12.9. The maximum Gasteiger partial charge on any atom is 0.191 e. The second kappa shape index (κ2) is 3.94. The summed E-state index contributed by atoms with van der Waals surface area (Å²) in [6, 6.07) is 3.33. The summed E-state index contributed by atoms with van der Waals surface area (Å²) in [6.07, 6.45) is 2.57. The van der Waals surface area contributed by atoms with E-state index in [1.54, 1.807) is 6.92 Å². The molecule has 1 nitrogen and oxygen atoms in total. The van der Waals surface area contributed by atoms with E-state index in [9.17, 15) is 13.6 Å². The largest absolute Gasteiger partial charge is 0.289 e. The zero-order chi connectivity index (χ0) is 9.84. The van der Waals surface area contributed by atoms with Crippen LogP contribution >= 0.6 is 0 Å². The molecule has 0 spiro atoms. The lowest BCUT2D eigenvalue weighted by Gasteiger charge is -1.98. The predicted molar refractivity (Wildman–Crippen MR) is 45.5 cm³/mol. The van der Waals surface area contributed by atoms with Crippen molar-refractivity contribution in [1.29, 1.82) is 0 Å². The second-order valence-corrected chi connectivity index (χ2v) is 2.46. The smallest absolute Gasteiger partial charge is 0.191 e. The SMILES string of the molecule is C/C=C/C(=O)c1c(F)cccc1F. The summed E-state index contributed by atoms with van der Waals surface area (Å²) in [5, 5.41) is 0. The van der Waals surface area contributed by atoms with Crippen LogP contribution in [0.3, 0.4) is 0 Å². The number of carbonyl (C=O) groups is 1. The minimum Gasteiger partial charge on any atom is -0.289 e. The monoisotopic (exact) mass is 182 g/mol. The van der Waals surface area contributed by atoms with E-state index in [1.807, 2.05) is 0 Å². The van der Waals surface area contributed by atoms with E-state index < -0.39 is 23.0 Å². The molecule has 0 radical (unpaired) electrons. The Bertz CT molecular complexity index is 336. The molecule has 1 rings (SSSR count). The van der Waals surface area contributed by atoms with Gasteiger partial charge in [0, 0.05) is 0 Å². The van der Waals surface area contributed by atoms with E-state index in [0.29, 0.717) is 0 Å². The molecule has 0 saturated heterocycles. The molecule has 0 N–H and O–H groups in total. The van der Waals surface area contributed by atoms with Gasteiger partial charge < -0.3 is 0 Å². The summed E-state index contributed by atoms with van der Waals surface area (Å²) < 4.78 is 25.9. The Labute approximate surface area is 74.7 Å². The molecule has 1 aromatic carbocycles. The Morgan fingerprint density at radius 1 is 1.31 bits per heavy atom. The molecular weight excluding hydrogens is 174 g/mol. The number of rotatable bonds is 2. The van der Waals surface area contributed by atoms with Crippen LogP contribution in [0.25, 0.3) is 0 Å². The predicted octanol–water partition coefficient (Wildman–Crippen LogP) is 2.72. The van der Waals surface area contributed by atoms with Crippen molar-refractivity contribution in [2.45, 2.75) is 6.92 Å². The van der Waals surface area contributed by atoms with Crippen LogP contribution in [0, 0.1) is 11.6 Å². The number of allylic oxidation sites excluding steroid dienone is 2. The summed E-state index contributed by atoms with van der Waals surface area (Å²) in [5.41, 5.74) is -0.499. The molecule has 0 atom stereocenters. The molecule has 0 heterocycles. The average molecular weight is 182 g/mol. The van der Waals surface area contributed by atoms with Gasteiger partial charge >= 0.3 is 0 Å². The first-order valence-electron chi connectivity index (χ1n) is 3.78. The minimum atomic E-state index is -0.830. The third-order valence-electron chi connectivity index (χ3n) is 1.53. The molecule has 1 aromatic rings. The standard InChI is InChI=1S/C10H8F2O/c1-2-4-9(13)10-7(11)5-3-6-8(10)12/h2-6H,1H3/b4-2+. The molecule has 0 aliphatic rings. The summed E-state index contributed by atoms with van der Waals surface area (Å²) in [7, 11) is 0. The average Bonchev–Trinajstić information content (AvgIpc) is 2.04. The van der Waals surface area contributed by atoms with Gasteiger partial charge in [0.1, 0.15) is 11.6 Å². The molecule has 0 unspecified atom stereocenters. The van der Waals surface area contributed by atoms with E-state index in [4.69, 9.17) is 0 Å². The topological polar surface area (TPSA) is 17.1 Å². The highest BCUT2D eigenvalue weighted by atomic mass is 19.1. The normalized spacial score (nSPS) is 10.7. The van der Waals surface area contributed by atoms with Crippen molar-refractivity contribution in [1.82, 2.24) is 0 Å². The van der Waals surface area contributed by atoms with Gasteiger partial charge in [-0.05, 0) is 25.1 Å². The van der Waals surface area contributed by atoms with Crippen LogP contribution < -0.4 is 0 Å². The number of ketones is 1. The lowest BCUT2D eigenvalue weighted by molar-refractivity contribution is 0.103. The molecule has 0 saturated carbocycles. The zero-order valence-corrected chi connectivity index (χ0v) is 7.05. The van der Waals surface area contributed by atoms with E-state index in [2.05, 4.69) is 0 Å². The van der Waals surface area contributed by atoms with E-state index >= 15 is 0 Å². The van der Waals surface area contributed by atoms with Crippen LogP contribution in [-0.2, 0) is 0 Å². The Kier molecular flexibility index (Phi) is 2.90. The Morgan fingerprint density at radius 3 is 2.31 bits per heavy atom. The van der Waals surface area contributed by atoms with Gasteiger partial charge in [0.25, 0.3) is 0 Å². The van der Waals surface area contributed by atoms with Crippen molar-refractivity contribution in [3.8, 4) is 0 Å². The van der Waals surface area contributed by atoms with Crippen molar-refractivity contribution >= 4 is 5.78 Å². The van der Waals surface area contributed by atoms with Gasteiger partial charge in [0.2, 0.25) is 0 Å². The van der Waals surface area contributed by atoms with Crippen molar-refractivity contribution in [2.75, 3.05) is 0 Å². The second-order valence-electron chi connectivity index (χ2n) is 2.46. The van der Waals surface area contributed by atoms with Crippen molar-refractivity contribution < 1.29 is 13.6 Å². The van der Waals surface area contributed by atoms with Gasteiger partial charge in [-0.2, -0.15) is 0 Å². The highest BCUT2D eigenvalue weighted by Crippen LogP contribution is 2.12. The summed E-state index contributed by atoms with van der Waals surface area (Å²) >= 11 is 0. The summed E-state index contributed by atoms with van der Waals surface area (Å²) in [4.78, 5) is 11.1. The first kappa shape index (κ1) is 9.58. The molecule has 0 fully saturated rings. The van der Waals surface area contributed by atoms with Crippen LogP contribution in [0.15, 0.2) is 30.4 Å². The van der Waals surface area contributed by atoms with Gasteiger partial charge in [-0.25, -0.2) is 8.78 Å². The number of halogens is 2. The van der Waals surface area contributed by atoms with Crippen LogP contribution in [0.5, 0.6) is 0 Å². The van der Waals surface area contributed by atoms with E-state index in [-0.39, 0.29) is 0 Å². The fourth-order valence-corrected chi connectivity index (χ4v) is 0.968. The van der Waals surface area contributed by atoms with Gasteiger partial charge in [-0.15, -0.1) is 0 Å². The molecule has 0 aliphatic heterocycles. The maximum atomic E-state index is 12.9. The number of benzene rings is 1.